The van der Waals surface area contributed by atoms with Crippen LogP contribution in [0.5, 0.6) is 0 Å². The summed E-state index contributed by atoms with van der Waals surface area (Å²) in [6.45, 7) is 2.65. The fraction of sp³-hybridized carbons (Fsp3) is 0.500. The summed E-state index contributed by atoms with van der Waals surface area (Å²) in [4.78, 5) is 6.72. The lowest BCUT2D eigenvalue weighted by molar-refractivity contribution is 0.258. The van der Waals surface area contributed by atoms with Crippen LogP contribution in [0.15, 0.2) is 34.9 Å². The molecule has 1 saturated heterocycles. The van der Waals surface area contributed by atoms with Crippen LogP contribution in [0.2, 0.25) is 0 Å². The zero-order valence-corrected chi connectivity index (χ0v) is 12.7. The smallest absolute Gasteiger partial charge is 0.237 e. The van der Waals surface area contributed by atoms with Crippen LogP contribution in [0.25, 0.3) is 0 Å². The third-order valence-corrected chi connectivity index (χ3v) is 4.12. The first-order valence-corrected chi connectivity index (χ1v) is 7.45. The monoisotopic (exact) mass is 286 g/mol. The Balaban J connectivity index is 1.98. The second kappa shape index (κ2) is 5.95. The topological polar surface area (TPSA) is 54.2 Å². The van der Waals surface area contributed by atoms with Crippen molar-refractivity contribution in [3.05, 3.63) is 47.6 Å². The maximum absolute atomic E-state index is 5.65. The van der Waals surface area contributed by atoms with Crippen LogP contribution in [0.1, 0.15) is 30.1 Å². The van der Waals surface area contributed by atoms with Crippen molar-refractivity contribution in [2.45, 2.75) is 24.8 Å². The average Bonchev–Trinajstić information content (AvgIpc) is 2.97. The van der Waals surface area contributed by atoms with Gasteiger partial charge in [0.1, 0.15) is 0 Å². The van der Waals surface area contributed by atoms with Crippen LogP contribution in [-0.4, -0.2) is 42.2 Å². The van der Waals surface area contributed by atoms with Crippen molar-refractivity contribution in [3.63, 3.8) is 0 Å². The molecule has 21 heavy (non-hydrogen) atoms. The van der Waals surface area contributed by atoms with Crippen molar-refractivity contribution in [2.75, 3.05) is 27.2 Å². The van der Waals surface area contributed by atoms with Crippen molar-refractivity contribution >= 4 is 0 Å². The van der Waals surface area contributed by atoms with E-state index in [1.54, 1.807) is 0 Å². The highest BCUT2D eigenvalue weighted by Crippen LogP contribution is 2.39. The molecule has 0 radical (unpaired) electrons. The molecule has 1 aliphatic rings. The molecule has 0 amide bonds. The normalized spacial score (nSPS) is 18.0. The fourth-order valence-corrected chi connectivity index (χ4v) is 3.03. The average molecular weight is 286 g/mol. The van der Waals surface area contributed by atoms with Crippen molar-refractivity contribution < 1.29 is 4.52 Å². The summed E-state index contributed by atoms with van der Waals surface area (Å²) in [5.41, 5.74) is 1.12. The molecule has 1 aliphatic heterocycles. The number of nitrogens with one attached hydrogen (secondary N) is 1. The fourth-order valence-electron chi connectivity index (χ4n) is 3.03. The molecule has 0 bridgehead atoms. The number of hydrogen-bond donors (Lipinski definition) is 1. The minimum atomic E-state index is -0.149. The quantitative estimate of drug-likeness (QED) is 0.929. The molecule has 0 aliphatic carbocycles. The van der Waals surface area contributed by atoms with Crippen molar-refractivity contribution in [3.8, 4) is 0 Å². The van der Waals surface area contributed by atoms with Crippen molar-refractivity contribution in [2.24, 2.45) is 0 Å². The maximum atomic E-state index is 5.65. The molecule has 1 fully saturated rings. The first kappa shape index (κ1) is 14.2. The summed E-state index contributed by atoms with van der Waals surface area (Å²) in [5, 5.41) is 7.57. The van der Waals surface area contributed by atoms with E-state index in [0.717, 1.165) is 37.6 Å². The van der Waals surface area contributed by atoms with E-state index in [1.807, 2.05) is 25.1 Å². The molecule has 2 aromatic rings. The summed E-state index contributed by atoms with van der Waals surface area (Å²) < 4.78 is 5.65. The Morgan fingerprint density at radius 1 is 1.19 bits per heavy atom. The number of hydrogen-bond acceptors (Lipinski definition) is 5. The van der Waals surface area contributed by atoms with E-state index in [1.165, 1.54) is 5.56 Å². The predicted octanol–water partition coefficient (Wildman–Crippen LogP) is 1.80. The Morgan fingerprint density at radius 2 is 1.90 bits per heavy atom. The van der Waals surface area contributed by atoms with Gasteiger partial charge in [0.2, 0.25) is 5.89 Å². The Morgan fingerprint density at radius 3 is 2.57 bits per heavy atom. The molecule has 1 aromatic heterocycles. The maximum Gasteiger partial charge on any atom is 0.237 e. The third-order valence-electron chi connectivity index (χ3n) is 4.12. The van der Waals surface area contributed by atoms with Gasteiger partial charge in [-0.3, -0.25) is 0 Å². The molecule has 2 heterocycles. The second-order valence-electron chi connectivity index (χ2n) is 5.95. The molecular weight excluding hydrogens is 264 g/mol. The lowest BCUT2D eigenvalue weighted by atomic mass is 9.73. The van der Waals surface area contributed by atoms with Crippen LogP contribution >= 0.6 is 0 Å². The summed E-state index contributed by atoms with van der Waals surface area (Å²) in [5.74, 6) is 1.51. The molecular formula is C16H22N4O. The molecule has 5 heteroatoms. The van der Waals surface area contributed by atoms with E-state index in [-0.39, 0.29) is 5.41 Å². The molecule has 3 rings (SSSR count). The number of rotatable bonds is 4. The Bertz CT molecular complexity index is 573. The van der Waals surface area contributed by atoms with Gasteiger partial charge in [-0.05, 0) is 45.6 Å². The highest BCUT2D eigenvalue weighted by atomic mass is 16.5. The van der Waals surface area contributed by atoms with E-state index < -0.39 is 0 Å². The summed E-state index contributed by atoms with van der Waals surface area (Å²) >= 11 is 0. The Hall–Kier alpha value is -1.72. The molecule has 0 saturated carbocycles. The van der Waals surface area contributed by atoms with E-state index >= 15 is 0 Å². The van der Waals surface area contributed by atoms with Crippen molar-refractivity contribution in [1.82, 2.24) is 20.4 Å². The molecule has 5 nitrogen and oxygen atoms in total. The SMILES string of the molecule is CN(C)Cc1noc(C2(c3ccccc3)CCNCC2)n1. The van der Waals surface area contributed by atoms with Crippen LogP contribution in [-0.2, 0) is 12.0 Å². The van der Waals surface area contributed by atoms with E-state index in [4.69, 9.17) is 4.52 Å². The molecule has 0 unspecified atom stereocenters. The van der Waals surface area contributed by atoms with Gasteiger partial charge in [-0.15, -0.1) is 0 Å². The predicted molar refractivity (Wildman–Crippen MR) is 81.0 cm³/mol. The lowest BCUT2D eigenvalue weighted by Gasteiger charge is -2.34. The van der Waals surface area contributed by atoms with Crippen LogP contribution in [0.4, 0.5) is 0 Å². The van der Waals surface area contributed by atoms with Gasteiger partial charge in [0.05, 0.1) is 12.0 Å². The summed E-state index contributed by atoms with van der Waals surface area (Å²) in [6.07, 6.45) is 1.97. The number of piperidine rings is 1. The molecule has 112 valence electrons. The second-order valence-corrected chi connectivity index (χ2v) is 5.95. The summed E-state index contributed by atoms with van der Waals surface area (Å²) in [7, 11) is 4.01. The largest absolute Gasteiger partial charge is 0.338 e. The third kappa shape index (κ3) is 2.84. The molecule has 0 spiro atoms. The standard InChI is InChI=1S/C16H22N4O/c1-20(2)12-14-18-15(21-19-14)16(8-10-17-11-9-16)13-6-4-3-5-7-13/h3-7,17H,8-12H2,1-2H3. The minimum absolute atomic E-state index is 0.149. The van der Waals surface area contributed by atoms with Crippen LogP contribution in [0, 0.1) is 0 Å². The highest BCUT2D eigenvalue weighted by Gasteiger charge is 2.40. The van der Waals surface area contributed by atoms with Crippen molar-refractivity contribution in [1.29, 1.82) is 0 Å². The lowest BCUT2D eigenvalue weighted by Crippen LogP contribution is -2.41. The van der Waals surface area contributed by atoms with E-state index in [0.29, 0.717) is 6.54 Å². The Labute approximate surface area is 125 Å². The van der Waals surface area contributed by atoms with Crippen LogP contribution in [0.3, 0.4) is 0 Å². The molecule has 1 N–H and O–H groups in total. The van der Waals surface area contributed by atoms with Gasteiger partial charge in [-0.1, -0.05) is 35.5 Å². The first-order chi connectivity index (χ1) is 10.2. The molecule has 1 aromatic carbocycles. The van der Waals surface area contributed by atoms with E-state index in [2.05, 4.69) is 39.7 Å². The minimum Gasteiger partial charge on any atom is -0.338 e. The van der Waals surface area contributed by atoms with Gasteiger partial charge in [0.15, 0.2) is 5.82 Å². The van der Waals surface area contributed by atoms with Crippen LogP contribution < -0.4 is 5.32 Å². The summed E-state index contributed by atoms with van der Waals surface area (Å²) in [6, 6.07) is 10.5. The van der Waals surface area contributed by atoms with Gasteiger partial charge < -0.3 is 14.7 Å². The number of nitrogens with zero attached hydrogens (tertiary/aromatic N) is 3. The van der Waals surface area contributed by atoms with Gasteiger partial charge in [-0.25, -0.2) is 0 Å². The first-order valence-electron chi connectivity index (χ1n) is 7.45. The zero-order chi connectivity index (χ0) is 14.7. The number of benzene rings is 1. The zero-order valence-electron chi connectivity index (χ0n) is 12.7. The van der Waals surface area contributed by atoms with E-state index in [9.17, 15) is 0 Å². The Kier molecular flexibility index (Phi) is 4.03. The van der Waals surface area contributed by atoms with Gasteiger partial charge in [-0.2, -0.15) is 4.98 Å². The molecule has 0 atom stereocenters. The highest BCUT2D eigenvalue weighted by molar-refractivity contribution is 5.32. The number of aromatic nitrogens is 2. The van der Waals surface area contributed by atoms with Gasteiger partial charge in [0.25, 0.3) is 0 Å². The van der Waals surface area contributed by atoms with Gasteiger partial charge in [0, 0.05) is 0 Å². The van der Waals surface area contributed by atoms with Gasteiger partial charge >= 0.3 is 0 Å².